The molecule has 4 N–H and O–H groups in total. The van der Waals surface area contributed by atoms with Crippen LogP contribution in [0.2, 0.25) is 0 Å². The molecule has 0 spiro atoms. The van der Waals surface area contributed by atoms with Crippen LogP contribution in [0.4, 0.5) is 5.82 Å². The minimum Gasteiger partial charge on any atom is -0.480 e. The lowest BCUT2D eigenvalue weighted by atomic mass is 9.88. The van der Waals surface area contributed by atoms with Gasteiger partial charge in [-0.15, -0.1) is 12.4 Å². The molecule has 37 heavy (non-hydrogen) atoms. The third-order valence-corrected chi connectivity index (χ3v) is 7.81. The Balaban J connectivity index is 0.00000380. The van der Waals surface area contributed by atoms with Crippen LogP contribution in [0.1, 0.15) is 69.0 Å². The van der Waals surface area contributed by atoms with Crippen molar-refractivity contribution in [1.29, 1.82) is 0 Å². The zero-order chi connectivity index (χ0) is 25.3. The highest BCUT2D eigenvalue weighted by Gasteiger charge is 2.29. The molecule has 4 rings (SSSR count). The van der Waals surface area contributed by atoms with E-state index in [4.69, 9.17) is 4.98 Å². The van der Waals surface area contributed by atoms with Gasteiger partial charge in [0.25, 0.3) is 0 Å². The molecule has 3 heterocycles. The van der Waals surface area contributed by atoms with Gasteiger partial charge in [0.05, 0.1) is 5.92 Å². The second-order valence-corrected chi connectivity index (χ2v) is 10.6. The number of aryl methyl sites for hydroxylation is 2. The number of carboxylic acids is 1. The minimum absolute atomic E-state index is 0. The van der Waals surface area contributed by atoms with Crippen LogP contribution < -0.4 is 16.0 Å². The Morgan fingerprint density at radius 1 is 1.05 bits per heavy atom. The average Bonchev–Trinajstić information content (AvgIpc) is 2.91. The Labute approximate surface area is 226 Å². The molecule has 206 valence electrons. The average molecular weight is 536 g/mol. The van der Waals surface area contributed by atoms with Gasteiger partial charge in [0, 0.05) is 31.2 Å². The maximum Gasteiger partial charge on any atom is 0.328 e. The topological polar surface area (TPSA) is 124 Å². The summed E-state index contributed by atoms with van der Waals surface area (Å²) in [5.74, 6) is -0.687. The zero-order valence-electron chi connectivity index (χ0n) is 21.7. The third-order valence-electron chi connectivity index (χ3n) is 7.81. The van der Waals surface area contributed by atoms with Gasteiger partial charge in [-0.3, -0.25) is 9.59 Å². The van der Waals surface area contributed by atoms with Crippen LogP contribution in [0, 0.1) is 11.8 Å². The Morgan fingerprint density at radius 3 is 2.62 bits per heavy atom. The number of nitrogens with one attached hydrogen (secondary N) is 3. The first-order chi connectivity index (χ1) is 17.5. The highest BCUT2D eigenvalue weighted by atomic mass is 35.5. The molecule has 1 saturated heterocycles. The van der Waals surface area contributed by atoms with Gasteiger partial charge in [0.1, 0.15) is 11.9 Å². The zero-order valence-corrected chi connectivity index (χ0v) is 22.5. The van der Waals surface area contributed by atoms with Gasteiger partial charge in [-0.25, -0.2) is 9.78 Å². The third kappa shape index (κ3) is 8.57. The monoisotopic (exact) mass is 535 g/mol. The first kappa shape index (κ1) is 29.2. The molecule has 1 aromatic rings. The number of anilines is 1. The number of hydrogen-bond acceptors (Lipinski definition) is 6. The SMILES string of the molecule is Cl.O=C(N[C@@H](CNC(=O)[C@@H]1CCCN(CCCc2ccc3c(n2)NCCC3)C1)C(=O)O)C1CCCCC1. The number of carboxylic acid groups (broad SMARTS) is 1. The van der Waals surface area contributed by atoms with E-state index in [-0.39, 0.29) is 42.6 Å². The molecule has 0 bridgehead atoms. The van der Waals surface area contributed by atoms with E-state index in [9.17, 15) is 19.5 Å². The van der Waals surface area contributed by atoms with Crippen LogP contribution in [0.15, 0.2) is 12.1 Å². The van der Waals surface area contributed by atoms with Crippen LogP contribution in [0.5, 0.6) is 0 Å². The van der Waals surface area contributed by atoms with E-state index in [0.29, 0.717) is 6.54 Å². The van der Waals surface area contributed by atoms with Crippen LogP contribution in [0.3, 0.4) is 0 Å². The lowest BCUT2D eigenvalue weighted by Gasteiger charge is -2.32. The molecular weight excluding hydrogens is 494 g/mol. The number of carbonyl (C=O) groups excluding carboxylic acids is 2. The van der Waals surface area contributed by atoms with Crippen molar-refractivity contribution >= 4 is 36.0 Å². The molecule has 2 aliphatic heterocycles. The number of piperidine rings is 1. The second-order valence-electron chi connectivity index (χ2n) is 10.6. The molecule has 0 aromatic carbocycles. The number of amides is 2. The van der Waals surface area contributed by atoms with Gasteiger partial charge in [0.15, 0.2) is 0 Å². The predicted molar refractivity (Wildman–Crippen MR) is 145 cm³/mol. The summed E-state index contributed by atoms with van der Waals surface area (Å²) >= 11 is 0. The lowest BCUT2D eigenvalue weighted by Crippen LogP contribution is -2.52. The van der Waals surface area contributed by atoms with Gasteiger partial charge >= 0.3 is 5.97 Å². The minimum atomic E-state index is -1.12. The van der Waals surface area contributed by atoms with Crippen LogP contribution in [-0.4, -0.2) is 71.5 Å². The summed E-state index contributed by atoms with van der Waals surface area (Å²) in [5, 5.41) is 18.4. The normalized spacial score (nSPS) is 21.0. The second kappa shape index (κ2) is 14.5. The summed E-state index contributed by atoms with van der Waals surface area (Å²) in [5.41, 5.74) is 2.40. The standard InChI is InChI=1S/C27H41N5O4.ClH/c33-25(29-17-23(27(35)36)31-26(34)20-7-2-1-3-8-20)21-10-5-15-32(18-21)16-6-11-22-13-12-19-9-4-14-28-24(19)30-22;/h12-13,20-21,23H,1-11,14-18H2,(H,28,30)(H,29,33)(H,31,34)(H,35,36);1H/t21-,23+;/m1./s1. The predicted octanol–water partition coefficient (Wildman–Crippen LogP) is 2.77. The van der Waals surface area contributed by atoms with Crippen molar-refractivity contribution in [2.75, 3.05) is 38.0 Å². The fourth-order valence-electron chi connectivity index (χ4n) is 5.67. The van der Waals surface area contributed by atoms with Crippen LogP contribution >= 0.6 is 12.4 Å². The van der Waals surface area contributed by atoms with E-state index in [1.54, 1.807) is 0 Å². The fourth-order valence-corrected chi connectivity index (χ4v) is 5.67. The van der Waals surface area contributed by atoms with Crippen LogP contribution in [0.25, 0.3) is 0 Å². The molecule has 1 saturated carbocycles. The number of pyridine rings is 1. The van der Waals surface area contributed by atoms with E-state index in [1.807, 2.05) is 0 Å². The van der Waals surface area contributed by atoms with Crippen LogP contribution in [-0.2, 0) is 27.2 Å². The van der Waals surface area contributed by atoms with Gasteiger partial charge in [0.2, 0.25) is 11.8 Å². The Kier molecular flexibility index (Phi) is 11.4. The molecule has 10 heteroatoms. The molecule has 0 radical (unpaired) electrons. The van der Waals surface area contributed by atoms with Crippen molar-refractivity contribution in [3.05, 3.63) is 23.4 Å². The van der Waals surface area contributed by atoms with E-state index in [2.05, 4.69) is 33.0 Å². The van der Waals surface area contributed by atoms with Crippen molar-refractivity contribution in [2.24, 2.45) is 11.8 Å². The highest BCUT2D eigenvalue weighted by molar-refractivity contribution is 5.86. The van der Waals surface area contributed by atoms with Gasteiger partial charge in [-0.2, -0.15) is 0 Å². The lowest BCUT2D eigenvalue weighted by molar-refractivity contribution is -0.142. The molecule has 1 aliphatic carbocycles. The number of rotatable bonds is 10. The van der Waals surface area contributed by atoms with Crippen molar-refractivity contribution < 1.29 is 19.5 Å². The number of aliphatic carboxylic acids is 1. The largest absolute Gasteiger partial charge is 0.480 e. The Bertz CT molecular complexity index is 924. The summed E-state index contributed by atoms with van der Waals surface area (Å²) in [6.45, 7) is 3.46. The summed E-state index contributed by atoms with van der Waals surface area (Å²) in [7, 11) is 0. The Morgan fingerprint density at radius 2 is 1.84 bits per heavy atom. The first-order valence-electron chi connectivity index (χ1n) is 13.8. The first-order valence-corrected chi connectivity index (χ1v) is 13.8. The van der Waals surface area contributed by atoms with Crippen molar-refractivity contribution in [2.45, 2.75) is 76.7 Å². The van der Waals surface area contributed by atoms with Gasteiger partial charge in [-0.05, 0) is 76.1 Å². The summed E-state index contributed by atoms with van der Waals surface area (Å²) in [6, 6.07) is 3.22. The number of nitrogens with zero attached hydrogens (tertiary/aromatic N) is 2. The maximum atomic E-state index is 12.8. The maximum absolute atomic E-state index is 12.8. The summed E-state index contributed by atoms with van der Waals surface area (Å²) < 4.78 is 0. The Hall–Kier alpha value is -2.39. The van der Waals surface area contributed by atoms with E-state index in [0.717, 1.165) is 102 Å². The molecule has 2 amide bonds. The van der Waals surface area contributed by atoms with E-state index >= 15 is 0 Å². The van der Waals surface area contributed by atoms with Gasteiger partial charge < -0.3 is 26.0 Å². The number of hydrogen-bond donors (Lipinski definition) is 4. The quantitative estimate of drug-likeness (QED) is 0.363. The molecule has 3 aliphatic rings. The van der Waals surface area contributed by atoms with Crippen molar-refractivity contribution in [1.82, 2.24) is 20.5 Å². The number of likely N-dealkylation sites (tertiary alicyclic amines) is 1. The molecule has 2 fully saturated rings. The van der Waals surface area contributed by atoms with E-state index in [1.165, 1.54) is 5.56 Å². The van der Waals surface area contributed by atoms with E-state index < -0.39 is 12.0 Å². The smallest absolute Gasteiger partial charge is 0.328 e. The summed E-state index contributed by atoms with van der Waals surface area (Å²) in [6.07, 6.45) is 10.6. The molecule has 0 unspecified atom stereocenters. The van der Waals surface area contributed by atoms with Crippen molar-refractivity contribution in [3.63, 3.8) is 0 Å². The molecule has 9 nitrogen and oxygen atoms in total. The van der Waals surface area contributed by atoms with Gasteiger partial charge in [-0.1, -0.05) is 25.3 Å². The molecular formula is C27H42ClN5O4. The fraction of sp³-hybridized carbons (Fsp3) is 0.704. The molecule has 1 aromatic heterocycles. The number of fused-ring (bicyclic) bond motifs is 1. The number of halogens is 1. The number of carbonyl (C=O) groups is 3. The van der Waals surface area contributed by atoms with Crippen molar-refractivity contribution in [3.8, 4) is 0 Å². The molecule has 2 atom stereocenters. The highest BCUT2D eigenvalue weighted by Crippen LogP contribution is 2.24. The number of aromatic nitrogens is 1. The summed E-state index contributed by atoms with van der Waals surface area (Å²) in [4.78, 5) is 44.1.